The van der Waals surface area contributed by atoms with Crippen molar-refractivity contribution in [3.8, 4) is 5.13 Å². The summed E-state index contributed by atoms with van der Waals surface area (Å²) >= 11 is 1.41. The van der Waals surface area contributed by atoms with Crippen LogP contribution in [0.5, 0.6) is 0 Å². The standard InChI is InChI=1S/C12H13N5OS/c1-6(2)10-15-16-12(19-10)17-9-5-7(13)3-4-8(9)14-11(17)18/h3-6H,13H2,1-2H3,(H,14,18). The lowest BCUT2D eigenvalue weighted by molar-refractivity contribution is 0.818. The van der Waals surface area contributed by atoms with Crippen molar-refractivity contribution < 1.29 is 0 Å². The van der Waals surface area contributed by atoms with Crippen LogP contribution in [-0.4, -0.2) is 19.7 Å². The van der Waals surface area contributed by atoms with E-state index in [0.717, 1.165) is 16.0 Å². The van der Waals surface area contributed by atoms with Crippen molar-refractivity contribution in [1.82, 2.24) is 19.7 Å². The highest BCUT2D eigenvalue weighted by Crippen LogP contribution is 2.24. The van der Waals surface area contributed by atoms with E-state index in [-0.39, 0.29) is 11.6 Å². The van der Waals surface area contributed by atoms with Crippen molar-refractivity contribution in [1.29, 1.82) is 0 Å². The smallest absolute Gasteiger partial charge is 0.332 e. The minimum atomic E-state index is -0.230. The summed E-state index contributed by atoms with van der Waals surface area (Å²) in [5.41, 5.74) is 7.60. The Labute approximate surface area is 112 Å². The molecule has 0 bridgehead atoms. The van der Waals surface area contributed by atoms with Gasteiger partial charge in [0.25, 0.3) is 0 Å². The molecule has 0 radical (unpaired) electrons. The lowest BCUT2D eigenvalue weighted by Gasteiger charge is -1.98. The molecule has 2 aromatic heterocycles. The predicted molar refractivity (Wildman–Crippen MR) is 75.9 cm³/mol. The highest BCUT2D eigenvalue weighted by Gasteiger charge is 2.14. The van der Waals surface area contributed by atoms with Gasteiger partial charge in [-0.15, -0.1) is 10.2 Å². The number of nitrogens with two attached hydrogens (primary N) is 1. The first kappa shape index (κ1) is 11.9. The largest absolute Gasteiger partial charge is 0.399 e. The van der Waals surface area contributed by atoms with Crippen molar-refractivity contribution >= 4 is 28.1 Å². The number of nitrogens with zero attached hydrogens (tertiary/aromatic N) is 3. The summed E-state index contributed by atoms with van der Waals surface area (Å²) in [6, 6.07) is 5.29. The van der Waals surface area contributed by atoms with Gasteiger partial charge >= 0.3 is 5.69 Å². The molecule has 0 saturated carbocycles. The fraction of sp³-hybridized carbons (Fsp3) is 0.250. The lowest BCUT2D eigenvalue weighted by atomic mass is 10.2. The first-order valence-electron chi connectivity index (χ1n) is 5.90. The molecule has 0 saturated heterocycles. The summed E-state index contributed by atoms with van der Waals surface area (Å²) in [6.07, 6.45) is 0. The molecule has 98 valence electrons. The molecule has 6 nitrogen and oxygen atoms in total. The van der Waals surface area contributed by atoms with Crippen LogP contribution < -0.4 is 11.4 Å². The van der Waals surface area contributed by atoms with Crippen molar-refractivity contribution in [3.05, 3.63) is 33.7 Å². The zero-order valence-electron chi connectivity index (χ0n) is 10.5. The van der Waals surface area contributed by atoms with Crippen LogP contribution in [0, 0.1) is 0 Å². The highest BCUT2D eigenvalue weighted by molar-refractivity contribution is 7.13. The third kappa shape index (κ3) is 1.91. The first-order chi connectivity index (χ1) is 9.06. The van der Waals surface area contributed by atoms with Gasteiger partial charge in [-0.25, -0.2) is 9.36 Å². The molecule has 3 N–H and O–H groups in total. The molecule has 0 aliphatic carbocycles. The number of aromatic nitrogens is 4. The highest BCUT2D eigenvalue weighted by atomic mass is 32.1. The Balaban J connectivity index is 2.26. The molecular weight excluding hydrogens is 262 g/mol. The maximum atomic E-state index is 12.0. The summed E-state index contributed by atoms with van der Waals surface area (Å²) in [4.78, 5) is 14.8. The zero-order chi connectivity index (χ0) is 13.6. The third-order valence-corrected chi connectivity index (χ3v) is 4.03. The van der Waals surface area contributed by atoms with E-state index in [1.54, 1.807) is 18.2 Å². The zero-order valence-corrected chi connectivity index (χ0v) is 11.4. The molecule has 0 aliphatic rings. The predicted octanol–water partition coefficient (Wildman–Crippen LogP) is 1.88. The molecule has 3 aromatic rings. The summed E-state index contributed by atoms with van der Waals surface area (Å²) in [6.45, 7) is 4.08. The minimum Gasteiger partial charge on any atom is -0.399 e. The first-order valence-corrected chi connectivity index (χ1v) is 6.72. The molecule has 0 fully saturated rings. The monoisotopic (exact) mass is 275 g/mol. The number of fused-ring (bicyclic) bond motifs is 1. The lowest BCUT2D eigenvalue weighted by Crippen LogP contribution is -2.14. The molecule has 2 heterocycles. The summed E-state index contributed by atoms with van der Waals surface area (Å²) in [5, 5.41) is 9.66. The van der Waals surface area contributed by atoms with Gasteiger partial charge in [0.2, 0.25) is 5.13 Å². The van der Waals surface area contributed by atoms with E-state index in [4.69, 9.17) is 5.73 Å². The van der Waals surface area contributed by atoms with Crippen LogP contribution in [-0.2, 0) is 0 Å². The van der Waals surface area contributed by atoms with Gasteiger partial charge in [-0.3, -0.25) is 0 Å². The molecule has 7 heteroatoms. The maximum absolute atomic E-state index is 12.0. The Morgan fingerprint density at radius 2 is 2.16 bits per heavy atom. The van der Waals surface area contributed by atoms with E-state index in [9.17, 15) is 4.79 Å². The van der Waals surface area contributed by atoms with Crippen LogP contribution in [0.25, 0.3) is 16.2 Å². The SMILES string of the molecule is CC(C)c1nnc(-n2c(=O)[nH]c3ccc(N)cc32)s1. The van der Waals surface area contributed by atoms with Gasteiger partial charge in [-0.1, -0.05) is 25.2 Å². The third-order valence-electron chi connectivity index (χ3n) is 2.82. The van der Waals surface area contributed by atoms with Crippen LogP contribution >= 0.6 is 11.3 Å². The van der Waals surface area contributed by atoms with E-state index < -0.39 is 0 Å². The number of H-pyrrole nitrogens is 1. The Morgan fingerprint density at radius 3 is 2.84 bits per heavy atom. The van der Waals surface area contributed by atoms with Crippen LogP contribution in [0.15, 0.2) is 23.0 Å². The van der Waals surface area contributed by atoms with Gasteiger partial charge in [0.1, 0.15) is 5.01 Å². The molecule has 3 rings (SSSR count). The van der Waals surface area contributed by atoms with Crippen LogP contribution in [0.4, 0.5) is 5.69 Å². The Morgan fingerprint density at radius 1 is 1.37 bits per heavy atom. The number of anilines is 1. The fourth-order valence-electron chi connectivity index (χ4n) is 1.86. The Kier molecular flexibility index (Phi) is 2.63. The van der Waals surface area contributed by atoms with Crippen LogP contribution in [0.1, 0.15) is 24.8 Å². The molecule has 0 amide bonds. The van der Waals surface area contributed by atoms with E-state index in [1.807, 2.05) is 13.8 Å². The molecule has 0 atom stereocenters. The number of benzene rings is 1. The second-order valence-corrected chi connectivity index (χ2v) is 5.61. The van der Waals surface area contributed by atoms with Gasteiger partial charge in [0, 0.05) is 11.6 Å². The molecule has 19 heavy (non-hydrogen) atoms. The Hall–Kier alpha value is -2.15. The van der Waals surface area contributed by atoms with Crippen molar-refractivity contribution in [2.24, 2.45) is 0 Å². The molecule has 0 unspecified atom stereocenters. The van der Waals surface area contributed by atoms with Crippen molar-refractivity contribution in [2.45, 2.75) is 19.8 Å². The van der Waals surface area contributed by atoms with E-state index in [1.165, 1.54) is 15.9 Å². The molecule has 0 aliphatic heterocycles. The summed E-state index contributed by atoms with van der Waals surface area (Å²) < 4.78 is 1.51. The van der Waals surface area contributed by atoms with Gasteiger partial charge in [0.05, 0.1) is 11.0 Å². The second kappa shape index (κ2) is 4.20. The summed E-state index contributed by atoms with van der Waals surface area (Å²) in [5.74, 6) is 0.289. The number of nitrogen functional groups attached to an aromatic ring is 1. The van der Waals surface area contributed by atoms with E-state index in [0.29, 0.717) is 10.8 Å². The van der Waals surface area contributed by atoms with E-state index >= 15 is 0 Å². The summed E-state index contributed by atoms with van der Waals surface area (Å²) in [7, 11) is 0. The minimum absolute atomic E-state index is 0.230. The second-order valence-electron chi connectivity index (χ2n) is 4.62. The number of nitrogens with one attached hydrogen (secondary N) is 1. The van der Waals surface area contributed by atoms with Crippen molar-refractivity contribution in [3.63, 3.8) is 0 Å². The average Bonchev–Trinajstić information content (AvgIpc) is 2.92. The maximum Gasteiger partial charge on any atom is 0.332 e. The van der Waals surface area contributed by atoms with Crippen molar-refractivity contribution in [2.75, 3.05) is 5.73 Å². The topological polar surface area (TPSA) is 89.6 Å². The van der Waals surface area contributed by atoms with Crippen LogP contribution in [0.2, 0.25) is 0 Å². The molecule has 1 aromatic carbocycles. The van der Waals surface area contributed by atoms with Gasteiger partial charge < -0.3 is 10.7 Å². The van der Waals surface area contributed by atoms with Gasteiger partial charge in [0.15, 0.2) is 0 Å². The fourth-order valence-corrected chi connectivity index (χ4v) is 2.72. The Bertz CT molecular complexity index is 798. The molecule has 0 spiro atoms. The number of aromatic amines is 1. The van der Waals surface area contributed by atoms with E-state index in [2.05, 4.69) is 15.2 Å². The number of hydrogen-bond acceptors (Lipinski definition) is 5. The average molecular weight is 275 g/mol. The number of rotatable bonds is 2. The number of hydrogen-bond donors (Lipinski definition) is 2. The quantitative estimate of drug-likeness (QED) is 0.699. The normalized spacial score (nSPS) is 11.5. The van der Waals surface area contributed by atoms with Gasteiger partial charge in [-0.05, 0) is 18.2 Å². The molecular formula is C12H13N5OS. The van der Waals surface area contributed by atoms with Crippen LogP contribution in [0.3, 0.4) is 0 Å². The van der Waals surface area contributed by atoms with Gasteiger partial charge in [-0.2, -0.15) is 0 Å². The number of imidazole rings is 1.